The zero-order valence-electron chi connectivity index (χ0n) is 12.1. The topological polar surface area (TPSA) is 105 Å². The van der Waals surface area contributed by atoms with Gasteiger partial charge in [-0.25, -0.2) is 4.73 Å². The maximum Gasteiger partial charge on any atom is 0.461 e. The number of benzene rings is 1. The van der Waals surface area contributed by atoms with Crippen molar-refractivity contribution >= 4 is 38.9 Å². The van der Waals surface area contributed by atoms with Gasteiger partial charge in [0.05, 0.1) is 16.9 Å². The smallest absolute Gasteiger partial charge is 0.461 e. The molecule has 0 unspecified atom stereocenters. The number of ether oxygens (including phenoxy) is 1. The lowest BCUT2D eigenvalue weighted by molar-refractivity contribution is -0.672. The molecule has 2 rings (SSSR count). The van der Waals surface area contributed by atoms with Crippen LogP contribution >= 0.6 is 15.9 Å². The molecule has 22 heavy (non-hydrogen) atoms. The molecule has 0 fully saturated rings. The minimum absolute atomic E-state index is 0.0775. The van der Waals surface area contributed by atoms with Crippen molar-refractivity contribution in [3.63, 3.8) is 0 Å². The largest absolute Gasteiger partial charge is 0.739 e. The van der Waals surface area contributed by atoms with Crippen molar-refractivity contribution in [1.82, 2.24) is 5.10 Å². The van der Waals surface area contributed by atoms with E-state index in [9.17, 15) is 15.2 Å². The fourth-order valence-corrected chi connectivity index (χ4v) is 2.24. The Labute approximate surface area is 135 Å². The lowest BCUT2D eigenvalue weighted by Crippen LogP contribution is -2.44. The number of carbonyl (C=O) groups is 1. The van der Waals surface area contributed by atoms with Crippen molar-refractivity contribution in [1.29, 1.82) is 0 Å². The zero-order valence-corrected chi connectivity index (χ0v) is 13.7. The van der Waals surface area contributed by atoms with E-state index in [-0.39, 0.29) is 42.0 Å². The summed E-state index contributed by atoms with van der Waals surface area (Å²) in [5, 5.41) is 30.4. The highest BCUT2D eigenvalue weighted by Crippen LogP contribution is 2.17. The van der Waals surface area contributed by atoms with Crippen LogP contribution in [-0.4, -0.2) is 24.2 Å². The Morgan fingerprint density at radius 2 is 2.18 bits per heavy atom. The Bertz CT molecular complexity index is 708. The van der Waals surface area contributed by atoms with Gasteiger partial charge >= 0.3 is 17.4 Å². The molecular weight excluding hydrogens is 356 g/mol. The highest BCUT2D eigenvalue weighted by atomic mass is 79.9. The first kappa shape index (κ1) is 16.2. The van der Waals surface area contributed by atoms with Crippen LogP contribution in [0.2, 0.25) is 0 Å². The molecule has 0 aliphatic rings. The molecule has 1 heterocycles. The molecule has 0 radical (unpaired) electrons. The minimum Gasteiger partial charge on any atom is -0.739 e. The molecule has 1 N–H and O–H groups in total. The van der Waals surface area contributed by atoms with E-state index >= 15 is 0 Å². The molecular formula is C13H15BrN4O4. The van der Waals surface area contributed by atoms with Crippen LogP contribution in [0.3, 0.4) is 0 Å². The number of para-hydroxylation sites is 1. The Balaban J connectivity index is 2.13. The maximum absolute atomic E-state index is 12.2. The number of rotatable bonds is 5. The van der Waals surface area contributed by atoms with Crippen molar-refractivity contribution in [2.24, 2.45) is 5.92 Å². The van der Waals surface area contributed by atoms with Gasteiger partial charge < -0.3 is 15.2 Å². The third-order valence-electron chi connectivity index (χ3n) is 2.85. The summed E-state index contributed by atoms with van der Waals surface area (Å²) >= 11 is 3.21. The number of esters is 1. The van der Waals surface area contributed by atoms with Crippen LogP contribution in [0.1, 0.15) is 13.8 Å². The second kappa shape index (κ2) is 6.73. The van der Waals surface area contributed by atoms with Crippen LogP contribution in [-0.2, 0) is 9.53 Å². The molecule has 0 aliphatic heterocycles. The fourth-order valence-electron chi connectivity index (χ4n) is 1.74. The van der Waals surface area contributed by atoms with Crippen LogP contribution in [0.4, 0.5) is 5.95 Å². The summed E-state index contributed by atoms with van der Waals surface area (Å²) in [6.07, 6.45) is 0. The SMILES string of the molecule is CC(C)C(=O)OCCNc1n[n+]([O-])c2c(Br)cccc2[n+]1[O-]. The number of halogens is 1. The summed E-state index contributed by atoms with van der Waals surface area (Å²) in [6, 6.07) is 4.82. The Hall–Kier alpha value is -2.16. The van der Waals surface area contributed by atoms with Gasteiger partial charge in [0, 0.05) is 4.85 Å². The van der Waals surface area contributed by atoms with E-state index in [1.165, 1.54) is 6.07 Å². The van der Waals surface area contributed by atoms with Crippen molar-refractivity contribution in [2.75, 3.05) is 18.5 Å². The van der Waals surface area contributed by atoms with E-state index < -0.39 is 0 Å². The number of nitrogens with one attached hydrogen (secondary N) is 1. The Morgan fingerprint density at radius 1 is 1.45 bits per heavy atom. The van der Waals surface area contributed by atoms with E-state index in [1.54, 1.807) is 26.0 Å². The van der Waals surface area contributed by atoms with E-state index in [2.05, 4.69) is 26.3 Å². The molecule has 1 aromatic heterocycles. The molecule has 0 atom stereocenters. The first-order chi connectivity index (χ1) is 10.4. The third kappa shape index (κ3) is 3.35. The highest BCUT2D eigenvalue weighted by Gasteiger charge is 2.22. The summed E-state index contributed by atoms with van der Waals surface area (Å²) in [7, 11) is 0. The van der Waals surface area contributed by atoms with Crippen LogP contribution in [0.15, 0.2) is 22.7 Å². The van der Waals surface area contributed by atoms with Crippen LogP contribution in [0.5, 0.6) is 0 Å². The van der Waals surface area contributed by atoms with Gasteiger partial charge in [-0.05, 0) is 28.1 Å². The zero-order chi connectivity index (χ0) is 16.3. The fraction of sp³-hybridized carbons (Fsp3) is 0.385. The molecule has 0 saturated carbocycles. The van der Waals surface area contributed by atoms with Crippen molar-refractivity contribution in [2.45, 2.75) is 13.8 Å². The van der Waals surface area contributed by atoms with Crippen molar-refractivity contribution < 1.29 is 19.1 Å². The lowest BCUT2D eigenvalue weighted by atomic mass is 10.2. The van der Waals surface area contributed by atoms with Gasteiger partial charge in [-0.1, -0.05) is 19.9 Å². The standard InChI is InChI=1S/C13H15BrN4O4/c1-8(2)12(19)22-7-6-15-13-16-18(21)11-9(14)4-3-5-10(11)17(13)20/h3-5,8H,6-7H2,1-2H3,(H,15,16). The highest BCUT2D eigenvalue weighted by molar-refractivity contribution is 9.10. The van der Waals surface area contributed by atoms with E-state index in [4.69, 9.17) is 4.74 Å². The normalized spacial score (nSPS) is 10.9. The summed E-state index contributed by atoms with van der Waals surface area (Å²) in [4.78, 5) is 11.7. The van der Waals surface area contributed by atoms with E-state index in [1.807, 2.05) is 0 Å². The lowest BCUT2D eigenvalue weighted by Gasteiger charge is -2.11. The number of carbonyl (C=O) groups excluding carboxylic acids is 1. The van der Waals surface area contributed by atoms with Gasteiger partial charge in [0.15, 0.2) is 5.52 Å². The maximum atomic E-state index is 12.2. The molecule has 9 heteroatoms. The van der Waals surface area contributed by atoms with Gasteiger partial charge in [0.2, 0.25) is 5.10 Å². The summed E-state index contributed by atoms with van der Waals surface area (Å²) in [5.74, 6) is -0.698. The monoisotopic (exact) mass is 370 g/mol. The van der Waals surface area contributed by atoms with Gasteiger partial charge in [0.25, 0.3) is 0 Å². The van der Waals surface area contributed by atoms with Crippen LogP contribution in [0.25, 0.3) is 11.0 Å². The molecule has 2 aromatic rings. The number of nitrogens with zero attached hydrogens (tertiary/aromatic N) is 3. The molecule has 118 valence electrons. The first-order valence-corrected chi connectivity index (χ1v) is 7.43. The minimum atomic E-state index is -0.328. The van der Waals surface area contributed by atoms with E-state index in [0.29, 0.717) is 14.0 Å². The Morgan fingerprint density at radius 3 is 2.86 bits per heavy atom. The van der Waals surface area contributed by atoms with Crippen LogP contribution in [0, 0.1) is 16.3 Å². The van der Waals surface area contributed by atoms with Crippen LogP contribution < -0.4 is 14.9 Å². The van der Waals surface area contributed by atoms with Gasteiger partial charge in [-0.15, -0.1) is 0 Å². The van der Waals surface area contributed by atoms with Gasteiger partial charge in [-0.3, -0.25) is 10.1 Å². The third-order valence-corrected chi connectivity index (χ3v) is 3.49. The number of aromatic nitrogens is 3. The quantitative estimate of drug-likeness (QED) is 0.362. The predicted octanol–water partition coefficient (Wildman–Crippen LogP) is 0.875. The molecule has 0 saturated heterocycles. The molecule has 0 aliphatic carbocycles. The van der Waals surface area contributed by atoms with E-state index in [0.717, 1.165) is 0 Å². The number of anilines is 1. The van der Waals surface area contributed by atoms with Crippen molar-refractivity contribution in [3.8, 4) is 0 Å². The van der Waals surface area contributed by atoms with Gasteiger partial charge in [0.1, 0.15) is 6.61 Å². The summed E-state index contributed by atoms with van der Waals surface area (Å²) in [5.41, 5.74) is 0.329. The molecule has 0 spiro atoms. The molecule has 0 bridgehead atoms. The summed E-state index contributed by atoms with van der Waals surface area (Å²) in [6.45, 7) is 3.70. The second-order valence-electron chi connectivity index (χ2n) is 4.85. The summed E-state index contributed by atoms with van der Waals surface area (Å²) < 4.78 is 5.98. The second-order valence-corrected chi connectivity index (χ2v) is 5.70. The molecule has 1 aromatic carbocycles. The molecule has 0 amide bonds. The Kier molecular flexibility index (Phi) is 4.96. The number of fused-ring (bicyclic) bond motifs is 1. The van der Waals surface area contributed by atoms with Crippen molar-refractivity contribution in [3.05, 3.63) is 33.1 Å². The van der Waals surface area contributed by atoms with Gasteiger partial charge in [-0.2, -0.15) is 0 Å². The average Bonchev–Trinajstić information content (AvgIpc) is 2.47. The number of hydrogen-bond acceptors (Lipinski definition) is 6. The first-order valence-electron chi connectivity index (χ1n) is 6.64. The predicted molar refractivity (Wildman–Crippen MR) is 81.6 cm³/mol. The molecule has 8 nitrogen and oxygen atoms in total. The number of hydrogen-bond donors (Lipinski definition) is 1. The average molecular weight is 371 g/mol.